The Morgan fingerprint density at radius 2 is 1.29 bits per heavy atom. The summed E-state index contributed by atoms with van der Waals surface area (Å²) in [6, 6.07) is 14.2. The van der Waals surface area contributed by atoms with Gasteiger partial charge in [0, 0.05) is 101 Å². The Labute approximate surface area is 447 Å². The molecule has 3 aromatic carbocycles. The first-order valence-electron chi connectivity index (χ1n) is 25.0. The standard InChI is InChI=1S/C42H46N3O13P.C11H20N2O5/c1-23(2)39(48)53-26-9-12-30-32(19-26)55-33-20-27(54-40(49)24(3)4)10-13-31(33)42(30)29-11-8-25(18-28(29)41(50)57-42)37(46)44-14-15-45-38(47)35-21-34(36(56-35)22-51-6)58-59(7)52-17-16-43-5;1-7(14)12-3-4-13-11(16)9-5-8(15)10(18-9)6-17-2/h8-13,18-20,23-24,34-36H,14-17,21-22H2,1-4,6-7H3,(H,44,46)(H,45,47);8-10,15H,3-6H2,1-2H3,(H,12,14)(H,13,16)/t34-,35-,36?,59?;8-,9-,10?/m11/s1. The molecule has 0 aliphatic carbocycles. The molecule has 0 aromatic heterocycles. The molecule has 77 heavy (non-hydrogen) atoms. The van der Waals surface area contributed by atoms with Crippen LogP contribution >= 0.6 is 8.38 Å². The number of nitrogens with one attached hydrogen (secondary N) is 4. The molecule has 4 aliphatic rings. The van der Waals surface area contributed by atoms with Crippen LogP contribution in [0.15, 0.2) is 54.6 Å². The molecule has 7 atom stereocenters. The summed E-state index contributed by atoms with van der Waals surface area (Å²) in [5, 5.41) is 20.4. The average Bonchev–Trinajstić information content (AvgIpc) is 4.19. The van der Waals surface area contributed by atoms with E-state index >= 15 is 0 Å². The van der Waals surface area contributed by atoms with Gasteiger partial charge in [-0.2, -0.15) is 0 Å². The van der Waals surface area contributed by atoms with Gasteiger partial charge in [0.25, 0.3) is 5.91 Å². The van der Waals surface area contributed by atoms with Crippen molar-refractivity contribution < 1.29 is 85.6 Å². The van der Waals surface area contributed by atoms with Crippen LogP contribution in [0.5, 0.6) is 23.0 Å². The quantitative estimate of drug-likeness (QED) is 0.0315. The maximum atomic E-state index is 13.7. The first-order valence-corrected chi connectivity index (χ1v) is 26.6. The van der Waals surface area contributed by atoms with Crippen LogP contribution in [0, 0.1) is 18.4 Å². The number of esters is 3. The van der Waals surface area contributed by atoms with Crippen LogP contribution in [0.4, 0.5) is 0 Å². The summed E-state index contributed by atoms with van der Waals surface area (Å²) in [5.74, 6) is -2.75. The third-order valence-electron chi connectivity index (χ3n) is 12.3. The van der Waals surface area contributed by atoms with E-state index in [4.69, 9.17) is 53.5 Å². The van der Waals surface area contributed by atoms with Gasteiger partial charge in [-0.1, -0.05) is 33.8 Å². The van der Waals surface area contributed by atoms with Gasteiger partial charge in [0.15, 0.2) is 14.0 Å². The van der Waals surface area contributed by atoms with Crippen LogP contribution in [-0.2, 0) is 62.3 Å². The van der Waals surface area contributed by atoms with E-state index < -0.39 is 86.3 Å². The Morgan fingerprint density at radius 1 is 0.753 bits per heavy atom. The second-order valence-electron chi connectivity index (χ2n) is 18.8. The zero-order chi connectivity index (χ0) is 56.0. The van der Waals surface area contributed by atoms with E-state index in [-0.39, 0.29) is 104 Å². The number of benzene rings is 3. The van der Waals surface area contributed by atoms with Gasteiger partial charge in [-0.25, -0.2) is 11.4 Å². The van der Waals surface area contributed by atoms with Crippen molar-refractivity contribution in [3.8, 4) is 23.0 Å². The molecule has 2 saturated heterocycles. The third-order valence-corrected chi connectivity index (χ3v) is 13.4. The summed E-state index contributed by atoms with van der Waals surface area (Å²) in [5.41, 5.74) is 0.115. The predicted octanol–water partition coefficient (Wildman–Crippen LogP) is 3.69. The van der Waals surface area contributed by atoms with Gasteiger partial charge in [-0.05, 0) is 36.4 Å². The molecule has 0 saturated carbocycles. The lowest BCUT2D eigenvalue weighted by molar-refractivity contribution is -0.138. The van der Waals surface area contributed by atoms with Crippen molar-refractivity contribution in [2.24, 2.45) is 11.8 Å². The maximum Gasteiger partial charge on any atom is 0.340 e. The number of fused-ring (bicyclic) bond motifs is 6. The van der Waals surface area contributed by atoms with Crippen LogP contribution in [0.3, 0.4) is 0 Å². The summed E-state index contributed by atoms with van der Waals surface area (Å²) in [4.78, 5) is 90.6. The van der Waals surface area contributed by atoms with E-state index in [0.717, 1.165) is 0 Å². The van der Waals surface area contributed by atoms with E-state index in [1.807, 2.05) is 0 Å². The van der Waals surface area contributed by atoms with E-state index in [9.17, 15) is 38.7 Å². The molecule has 4 aliphatic heterocycles. The number of methoxy groups -OCH3 is 2. The van der Waals surface area contributed by atoms with Gasteiger partial charge in [0.1, 0.15) is 54.0 Å². The summed E-state index contributed by atoms with van der Waals surface area (Å²) >= 11 is 0. The van der Waals surface area contributed by atoms with Crippen molar-refractivity contribution in [1.29, 1.82) is 0 Å². The van der Waals surface area contributed by atoms with E-state index in [1.165, 1.54) is 39.3 Å². The van der Waals surface area contributed by atoms with Crippen molar-refractivity contribution in [3.05, 3.63) is 93.8 Å². The molecule has 23 nitrogen and oxygen atoms in total. The highest BCUT2D eigenvalue weighted by Crippen LogP contribution is 2.57. The number of aliphatic hydroxyl groups is 1. The first kappa shape index (κ1) is 59.6. The Bertz CT molecular complexity index is 2610. The number of hydrogen-bond acceptors (Lipinski definition) is 18. The lowest BCUT2D eigenvalue weighted by Gasteiger charge is -2.36. The first-order chi connectivity index (χ1) is 36.8. The van der Waals surface area contributed by atoms with Crippen LogP contribution in [-0.4, -0.2) is 157 Å². The smallest absolute Gasteiger partial charge is 0.340 e. The van der Waals surface area contributed by atoms with Gasteiger partial charge in [-0.3, -0.25) is 28.8 Å². The summed E-state index contributed by atoms with van der Waals surface area (Å²) in [6.07, 6.45) is -2.99. The number of carbonyl (C=O) groups is 7. The summed E-state index contributed by atoms with van der Waals surface area (Å²) < 4.78 is 56.6. The van der Waals surface area contributed by atoms with Crippen LogP contribution in [0.2, 0.25) is 0 Å². The molecule has 416 valence electrons. The van der Waals surface area contributed by atoms with Gasteiger partial charge in [0.05, 0.1) is 42.8 Å². The minimum absolute atomic E-state index is 0.0743. The van der Waals surface area contributed by atoms with Crippen LogP contribution in [0.25, 0.3) is 4.85 Å². The monoisotopic (exact) mass is 1090 g/mol. The predicted molar refractivity (Wildman–Crippen MR) is 274 cm³/mol. The zero-order valence-corrected chi connectivity index (χ0v) is 45.1. The molecule has 3 unspecified atom stereocenters. The fourth-order valence-electron chi connectivity index (χ4n) is 8.50. The Morgan fingerprint density at radius 3 is 1.84 bits per heavy atom. The number of carbonyl (C=O) groups excluding carboxylic acids is 7. The average molecular weight is 1090 g/mol. The largest absolute Gasteiger partial charge is 0.456 e. The van der Waals surface area contributed by atoms with Crippen molar-refractivity contribution >= 4 is 49.9 Å². The van der Waals surface area contributed by atoms with Crippen molar-refractivity contribution in [1.82, 2.24) is 21.3 Å². The lowest BCUT2D eigenvalue weighted by Crippen LogP contribution is -2.40. The number of amides is 4. The number of aliphatic hydroxyl groups excluding tert-OH is 1. The normalized spacial score (nSPS) is 20.7. The molecule has 3 aromatic rings. The number of ether oxygens (including phenoxy) is 8. The summed E-state index contributed by atoms with van der Waals surface area (Å²) in [6.45, 7) is 18.8. The number of hydrogen-bond donors (Lipinski definition) is 5. The minimum atomic E-state index is -1.53. The number of rotatable bonds is 22. The molecule has 1 spiro atoms. The van der Waals surface area contributed by atoms with Crippen molar-refractivity contribution in [2.45, 2.75) is 89.7 Å². The lowest BCUT2D eigenvalue weighted by atomic mass is 9.77. The molecule has 4 amide bonds. The maximum absolute atomic E-state index is 13.7. The van der Waals surface area contributed by atoms with Gasteiger partial charge < -0.3 is 78.2 Å². The molecule has 7 rings (SSSR count). The SMILES string of the molecule is COCC1O[C@@H](C(=O)NCCNC(C)=O)C[C@H]1O.[C-]#[N+]CCOP(C)O[C@@H]1C[C@H](C(=O)NCCNC(=O)c2ccc3c(c2)C(=O)OC32c3ccc(OC(=O)C(C)C)cc3Oc3cc(OC(=O)C(C)C)ccc32)OC1COC. The Hall–Kier alpha value is -6.61. The minimum Gasteiger partial charge on any atom is -0.456 e. The van der Waals surface area contributed by atoms with E-state index in [1.54, 1.807) is 70.8 Å². The molecule has 24 heteroatoms. The zero-order valence-electron chi connectivity index (χ0n) is 44.2. The van der Waals surface area contributed by atoms with Gasteiger partial charge >= 0.3 is 17.9 Å². The third kappa shape index (κ3) is 15.1. The Kier molecular flexibility index (Phi) is 21.4. The highest BCUT2D eigenvalue weighted by molar-refractivity contribution is 7.46. The van der Waals surface area contributed by atoms with Gasteiger partial charge in [0.2, 0.25) is 24.3 Å². The van der Waals surface area contributed by atoms with Crippen molar-refractivity contribution in [2.75, 3.05) is 73.4 Å². The number of nitrogens with zero attached hydrogens (tertiary/aromatic N) is 1. The van der Waals surface area contributed by atoms with E-state index in [2.05, 4.69) is 26.1 Å². The van der Waals surface area contributed by atoms with E-state index in [0.29, 0.717) is 29.8 Å². The topological polar surface area (TPSA) is 284 Å². The fraction of sp³-hybridized carbons (Fsp3) is 0.509. The van der Waals surface area contributed by atoms with Crippen molar-refractivity contribution in [3.63, 3.8) is 0 Å². The summed E-state index contributed by atoms with van der Waals surface area (Å²) in [7, 11) is 1.75. The van der Waals surface area contributed by atoms with Crippen LogP contribution in [0.1, 0.15) is 84.9 Å². The molecule has 0 radical (unpaired) electrons. The highest BCUT2D eigenvalue weighted by atomic mass is 31.2. The molecular formula is C53H66N5O18P. The second kappa shape index (κ2) is 27.6. The molecule has 5 N–H and O–H groups in total. The molecular weight excluding hydrogens is 1030 g/mol. The highest BCUT2D eigenvalue weighted by Gasteiger charge is 2.54. The fourth-order valence-corrected chi connectivity index (χ4v) is 9.50. The molecule has 2 fully saturated rings. The molecule has 4 heterocycles. The van der Waals surface area contributed by atoms with Gasteiger partial charge in [-0.15, -0.1) is 0 Å². The molecule has 0 bridgehead atoms. The second-order valence-corrected chi connectivity index (χ2v) is 20.1. The Balaban J connectivity index is 0.000000452. The van der Waals surface area contributed by atoms with Crippen LogP contribution < -0.4 is 35.5 Å².